The zero-order chi connectivity index (χ0) is 19.9. The molecule has 0 spiro atoms. The Morgan fingerprint density at radius 3 is 2.75 bits per heavy atom. The first-order chi connectivity index (χ1) is 13.7. The van der Waals surface area contributed by atoms with E-state index in [1.165, 1.54) is 0 Å². The van der Waals surface area contributed by atoms with Crippen molar-refractivity contribution in [3.8, 4) is 11.5 Å². The van der Waals surface area contributed by atoms with Gasteiger partial charge in [0, 0.05) is 32.6 Å². The van der Waals surface area contributed by atoms with Crippen molar-refractivity contribution >= 4 is 0 Å². The molecule has 0 aliphatic carbocycles. The Hall–Kier alpha value is -2.13. The van der Waals surface area contributed by atoms with E-state index in [0.717, 1.165) is 24.5 Å². The number of hydrogen-bond donors (Lipinski definition) is 1. The summed E-state index contributed by atoms with van der Waals surface area (Å²) in [6, 6.07) is 5.71. The van der Waals surface area contributed by atoms with Crippen LogP contribution in [0.2, 0.25) is 0 Å². The van der Waals surface area contributed by atoms with Crippen molar-refractivity contribution in [2.45, 2.75) is 25.2 Å². The Labute approximate surface area is 165 Å². The Balaban J connectivity index is 1.88. The van der Waals surface area contributed by atoms with Crippen LogP contribution in [0.4, 0.5) is 0 Å². The lowest BCUT2D eigenvalue weighted by Crippen LogP contribution is -2.46. The van der Waals surface area contributed by atoms with E-state index in [-0.39, 0.29) is 18.8 Å². The molecule has 0 radical (unpaired) electrons. The van der Waals surface area contributed by atoms with Gasteiger partial charge in [-0.2, -0.15) is 0 Å². The van der Waals surface area contributed by atoms with Gasteiger partial charge in [0.2, 0.25) is 0 Å². The SMILES string of the molecule is COCCn1ccnc1CN1CCO[C@H](CO)[C@H]1c1ccc(OC)c(OC)c1. The van der Waals surface area contributed by atoms with Gasteiger partial charge in [-0.15, -0.1) is 0 Å². The summed E-state index contributed by atoms with van der Waals surface area (Å²) in [4.78, 5) is 6.81. The molecule has 1 fully saturated rings. The summed E-state index contributed by atoms with van der Waals surface area (Å²) in [5.74, 6) is 2.29. The number of aromatic nitrogens is 2. The van der Waals surface area contributed by atoms with Gasteiger partial charge in [-0.25, -0.2) is 4.98 Å². The number of ether oxygens (including phenoxy) is 4. The third-order valence-electron chi connectivity index (χ3n) is 5.07. The topological polar surface area (TPSA) is 78.2 Å². The summed E-state index contributed by atoms with van der Waals surface area (Å²) >= 11 is 0. The second-order valence-electron chi connectivity index (χ2n) is 6.65. The van der Waals surface area contributed by atoms with Gasteiger partial charge in [0.25, 0.3) is 0 Å². The summed E-state index contributed by atoms with van der Waals surface area (Å²) in [7, 11) is 4.92. The molecule has 1 aromatic heterocycles. The van der Waals surface area contributed by atoms with Crippen LogP contribution in [0.5, 0.6) is 11.5 Å². The summed E-state index contributed by atoms with van der Waals surface area (Å²) in [6.45, 7) is 3.27. The van der Waals surface area contributed by atoms with E-state index >= 15 is 0 Å². The normalized spacial score (nSPS) is 20.3. The molecule has 0 saturated carbocycles. The van der Waals surface area contributed by atoms with Gasteiger partial charge >= 0.3 is 0 Å². The van der Waals surface area contributed by atoms with E-state index in [1.54, 1.807) is 27.5 Å². The lowest BCUT2D eigenvalue weighted by Gasteiger charge is -2.40. The average Bonchev–Trinajstić information content (AvgIpc) is 3.18. The van der Waals surface area contributed by atoms with E-state index in [4.69, 9.17) is 18.9 Å². The molecule has 3 rings (SSSR count). The van der Waals surface area contributed by atoms with Gasteiger partial charge in [0.15, 0.2) is 11.5 Å². The molecular weight excluding hydrogens is 362 g/mol. The lowest BCUT2D eigenvalue weighted by atomic mass is 9.97. The minimum absolute atomic E-state index is 0.0619. The van der Waals surface area contributed by atoms with E-state index in [2.05, 4.69) is 14.5 Å². The van der Waals surface area contributed by atoms with Gasteiger partial charge in [-0.3, -0.25) is 4.90 Å². The van der Waals surface area contributed by atoms with E-state index in [9.17, 15) is 5.11 Å². The summed E-state index contributed by atoms with van der Waals surface area (Å²) in [5, 5.41) is 9.92. The zero-order valence-electron chi connectivity index (χ0n) is 16.7. The summed E-state index contributed by atoms with van der Waals surface area (Å²) in [5.41, 5.74) is 1.01. The van der Waals surface area contributed by atoms with Crippen LogP contribution in [0.3, 0.4) is 0 Å². The molecule has 1 aliphatic rings. The number of morpholine rings is 1. The molecule has 2 atom stereocenters. The third kappa shape index (κ3) is 4.47. The number of benzene rings is 1. The van der Waals surface area contributed by atoms with Crippen molar-refractivity contribution in [1.29, 1.82) is 0 Å². The molecule has 1 aliphatic heterocycles. The maximum absolute atomic E-state index is 9.92. The highest BCUT2D eigenvalue weighted by Crippen LogP contribution is 2.36. The number of imidazole rings is 1. The van der Waals surface area contributed by atoms with E-state index in [0.29, 0.717) is 31.3 Å². The monoisotopic (exact) mass is 391 g/mol. The number of rotatable bonds is 9. The molecule has 0 bridgehead atoms. The number of hydrogen-bond acceptors (Lipinski definition) is 7. The predicted molar refractivity (Wildman–Crippen MR) is 104 cm³/mol. The molecule has 2 heterocycles. The summed E-state index contributed by atoms with van der Waals surface area (Å²) < 4.78 is 24.0. The molecule has 1 N–H and O–H groups in total. The van der Waals surface area contributed by atoms with Crippen LogP contribution >= 0.6 is 0 Å². The Bertz CT molecular complexity index is 751. The van der Waals surface area contributed by atoms with E-state index in [1.807, 2.05) is 24.4 Å². The molecule has 28 heavy (non-hydrogen) atoms. The molecule has 8 heteroatoms. The zero-order valence-corrected chi connectivity index (χ0v) is 16.7. The van der Waals surface area contributed by atoms with Crippen LogP contribution in [0.15, 0.2) is 30.6 Å². The molecule has 1 saturated heterocycles. The van der Waals surface area contributed by atoms with Crippen LogP contribution in [-0.2, 0) is 22.6 Å². The maximum Gasteiger partial charge on any atom is 0.161 e. The number of aliphatic hydroxyl groups excluding tert-OH is 1. The van der Waals surface area contributed by atoms with Crippen molar-refractivity contribution in [2.24, 2.45) is 0 Å². The highest BCUT2D eigenvalue weighted by molar-refractivity contribution is 5.44. The van der Waals surface area contributed by atoms with Crippen LogP contribution in [0, 0.1) is 0 Å². The summed E-state index contributed by atoms with van der Waals surface area (Å²) in [6.07, 6.45) is 3.44. The standard InChI is InChI=1S/C20H29N3O5/c1-25-10-8-22-7-6-21-19(22)13-23-9-11-28-18(14-24)20(23)15-4-5-16(26-2)17(12-15)27-3/h4-7,12,18,20,24H,8-11,13-14H2,1-3H3/t18-,20-/m1/s1. The van der Waals surface area contributed by atoms with Crippen molar-refractivity contribution in [1.82, 2.24) is 14.5 Å². The lowest BCUT2D eigenvalue weighted by molar-refractivity contribution is -0.0969. The van der Waals surface area contributed by atoms with Crippen molar-refractivity contribution in [3.05, 3.63) is 42.0 Å². The van der Waals surface area contributed by atoms with Crippen LogP contribution in [0.25, 0.3) is 0 Å². The van der Waals surface area contributed by atoms with Gasteiger partial charge in [-0.1, -0.05) is 6.07 Å². The van der Waals surface area contributed by atoms with Crippen molar-refractivity contribution < 1.29 is 24.1 Å². The van der Waals surface area contributed by atoms with Crippen molar-refractivity contribution in [2.75, 3.05) is 47.7 Å². The molecular formula is C20H29N3O5. The molecule has 0 unspecified atom stereocenters. The van der Waals surface area contributed by atoms with Gasteiger partial charge < -0.3 is 28.6 Å². The fourth-order valence-electron chi connectivity index (χ4n) is 3.65. The smallest absolute Gasteiger partial charge is 0.161 e. The largest absolute Gasteiger partial charge is 0.493 e. The first kappa shape index (κ1) is 20.6. The van der Waals surface area contributed by atoms with Gasteiger partial charge in [0.1, 0.15) is 11.9 Å². The molecule has 0 amide bonds. The van der Waals surface area contributed by atoms with E-state index < -0.39 is 0 Å². The Morgan fingerprint density at radius 1 is 1.21 bits per heavy atom. The third-order valence-corrected chi connectivity index (χ3v) is 5.07. The second-order valence-corrected chi connectivity index (χ2v) is 6.65. The fraction of sp³-hybridized carbons (Fsp3) is 0.550. The average molecular weight is 391 g/mol. The van der Waals surface area contributed by atoms with Crippen LogP contribution < -0.4 is 9.47 Å². The minimum Gasteiger partial charge on any atom is -0.493 e. The fourth-order valence-corrected chi connectivity index (χ4v) is 3.65. The van der Waals surface area contributed by atoms with Gasteiger partial charge in [-0.05, 0) is 17.7 Å². The highest BCUT2D eigenvalue weighted by atomic mass is 16.5. The molecule has 8 nitrogen and oxygen atoms in total. The molecule has 1 aromatic carbocycles. The number of methoxy groups -OCH3 is 3. The highest BCUT2D eigenvalue weighted by Gasteiger charge is 2.34. The Morgan fingerprint density at radius 2 is 2.04 bits per heavy atom. The van der Waals surface area contributed by atoms with Crippen molar-refractivity contribution in [3.63, 3.8) is 0 Å². The quantitative estimate of drug-likeness (QED) is 0.694. The van der Waals surface area contributed by atoms with Crippen LogP contribution in [0.1, 0.15) is 17.4 Å². The number of aliphatic hydroxyl groups is 1. The molecule has 154 valence electrons. The minimum atomic E-state index is -0.325. The first-order valence-electron chi connectivity index (χ1n) is 9.39. The molecule has 2 aromatic rings. The predicted octanol–water partition coefficient (Wildman–Crippen LogP) is 1.48. The first-order valence-corrected chi connectivity index (χ1v) is 9.39. The second kappa shape index (κ2) is 9.88. The van der Waals surface area contributed by atoms with Gasteiger partial charge in [0.05, 0.1) is 46.6 Å². The number of nitrogens with zero attached hydrogens (tertiary/aromatic N) is 3. The van der Waals surface area contributed by atoms with Crippen LogP contribution in [-0.4, -0.2) is 73.4 Å². The Kier molecular flexibility index (Phi) is 7.27. The maximum atomic E-state index is 9.92.